The Morgan fingerprint density at radius 1 is 1.17 bits per heavy atom. The van der Waals surface area contributed by atoms with Gasteiger partial charge in [0.1, 0.15) is 6.54 Å². The average molecular weight is 465 g/mol. The maximum atomic E-state index is 13.0. The van der Waals surface area contributed by atoms with E-state index < -0.39 is 39.2 Å². The molecule has 1 aliphatic rings. The molecule has 30 heavy (non-hydrogen) atoms. The van der Waals surface area contributed by atoms with Gasteiger partial charge in [0.25, 0.3) is 0 Å². The van der Waals surface area contributed by atoms with E-state index in [0.29, 0.717) is 17.6 Å². The first-order chi connectivity index (χ1) is 14.0. The van der Waals surface area contributed by atoms with Gasteiger partial charge < -0.3 is 14.8 Å². The summed E-state index contributed by atoms with van der Waals surface area (Å²) in [7, 11) is -3.88. The maximum absolute atomic E-state index is 13.0. The van der Waals surface area contributed by atoms with Crippen LogP contribution in [-0.4, -0.2) is 33.4 Å². The normalized spacial score (nSPS) is 13.2. The lowest BCUT2D eigenvalue weighted by Gasteiger charge is -2.23. The molecule has 3 rings (SSSR count). The highest BCUT2D eigenvalue weighted by molar-refractivity contribution is 7.92. The Morgan fingerprint density at radius 2 is 1.87 bits per heavy atom. The number of hydrogen-bond donors (Lipinski definition) is 1. The highest BCUT2D eigenvalue weighted by atomic mass is 35.5. The predicted octanol–water partition coefficient (Wildman–Crippen LogP) is 3.88. The van der Waals surface area contributed by atoms with Crippen molar-refractivity contribution in [3.8, 4) is 11.5 Å². The minimum atomic E-state index is -4.71. The van der Waals surface area contributed by atoms with Gasteiger partial charge in [0.15, 0.2) is 11.5 Å². The standard InChI is InChI=1S/C18H16ClF3N2O5S/c1-2-30(26,27)24(12-4-6-15-16(8-12)29-10-28-15)9-17(25)23-11-3-5-14(19)13(7-11)18(20,21)22/h3-8H,2,9-10H2,1H3,(H,23,25). The van der Waals surface area contributed by atoms with Crippen molar-refractivity contribution in [1.29, 1.82) is 0 Å². The third kappa shape index (κ3) is 4.73. The van der Waals surface area contributed by atoms with Crippen LogP contribution in [0.5, 0.6) is 11.5 Å². The first-order valence-electron chi connectivity index (χ1n) is 8.58. The van der Waals surface area contributed by atoms with E-state index >= 15 is 0 Å². The van der Waals surface area contributed by atoms with Crippen LogP contribution in [0, 0.1) is 0 Å². The monoisotopic (exact) mass is 464 g/mol. The van der Waals surface area contributed by atoms with E-state index in [1.807, 2.05) is 0 Å². The van der Waals surface area contributed by atoms with Gasteiger partial charge >= 0.3 is 6.18 Å². The quantitative estimate of drug-likeness (QED) is 0.701. The van der Waals surface area contributed by atoms with Crippen LogP contribution in [0.3, 0.4) is 0 Å². The number of ether oxygens (including phenoxy) is 2. The zero-order chi connectivity index (χ0) is 22.1. The highest BCUT2D eigenvalue weighted by Gasteiger charge is 2.33. The van der Waals surface area contributed by atoms with Crippen LogP contribution in [-0.2, 0) is 21.0 Å². The molecule has 1 heterocycles. The fraction of sp³-hybridized carbons (Fsp3) is 0.278. The zero-order valence-corrected chi connectivity index (χ0v) is 17.1. The number of sulfonamides is 1. The Labute approximate surface area is 175 Å². The van der Waals surface area contributed by atoms with Crippen molar-refractivity contribution in [2.45, 2.75) is 13.1 Å². The van der Waals surface area contributed by atoms with Crippen molar-refractivity contribution in [3.05, 3.63) is 47.0 Å². The summed E-state index contributed by atoms with van der Waals surface area (Å²) >= 11 is 5.56. The highest BCUT2D eigenvalue weighted by Crippen LogP contribution is 2.37. The van der Waals surface area contributed by atoms with Gasteiger partial charge in [-0.3, -0.25) is 9.10 Å². The molecule has 1 amide bonds. The lowest BCUT2D eigenvalue weighted by atomic mass is 10.2. The Balaban J connectivity index is 1.84. The van der Waals surface area contributed by atoms with Crippen molar-refractivity contribution in [2.24, 2.45) is 0 Å². The van der Waals surface area contributed by atoms with Gasteiger partial charge in [0.2, 0.25) is 22.7 Å². The molecule has 12 heteroatoms. The lowest BCUT2D eigenvalue weighted by Crippen LogP contribution is -2.39. The van der Waals surface area contributed by atoms with Gasteiger partial charge in [-0.1, -0.05) is 11.6 Å². The zero-order valence-electron chi connectivity index (χ0n) is 15.5. The third-order valence-electron chi connectivity index (χ3n) is 4.19. The van der Waals surface area contributed by atoms with Gasteiger partial charge in [0, 0.05) is 11.8 Å². The van der Waals surface area contributed by atoms with E-state index in [9.17, 15) is 26.4 Å². The molecule has 0 spiro atoms. The van der Waals surface area contributed by atoms with Crippen LogP contribution in [0.4, 0.5) is 24.5 Å². The number of anilines is 2. The van der Waals surface area contributed by atoms with Crippen LogP contribution in [0.1, 0.15) is 12.5 Å². The number of halogens is 4. The number of alkyl halides is 3. The lowest BCUT2D eigenvalue weighted by molar-refractivity contribution is -0.137. The Morgan fingerprint density at radius 3 is 2.53 bits per heavy atom. The molecule has 2 aromatic carbocycles. The first-order valence-corrected chi connectivity index (χ1v) is 10.6. The number of carbonyl (C=O) groups excluding carboxylic acids is 1. The van der Waals surface area contributed by atoms with Crippen molar-refractivity contribution < 1.29 is 35.9 Å². The van der Waals surface area contributed by atoms with Crippen LogP contribution < -0.4 is 19.1 Å². The van der Waals surface area contributed by atoms with E-state index in [4.69, 9.17) is 21.1 Å². The molecule has 0 unspecified atom stereocenters. The van der Waals surface area contributed by atoms with Gasteiger partial charge in [-0.15, -0.1) is 0 Å². The molecule has 162 valence electrons. The summed E-state index contributed by atoms with van der Waals surface area (Å²) in [5.74, 6) is -0.386. The van der Waals surface area contributed by atoms with E-state index in [1.165, 1.54) is 31.2 Å². The van der Waals surface area contributed by atoms with E-state index in [1.54, 1.807) is 0 Å². The van der Waals surface area contributed by atoms with E-state index in [-0.39, 0.29) is 23.9 Å². The number of rotatable bonds is 6. The molecule has 1 aliphatic heterocycles. The summed E-state index contributed by atoms with van der Waals surface area (Å²) in [6, 6.07) is 7.22. The number of nitrogens with one attached hydrogen (secondary N) is 1. The largest absolute Gasteiger partial charge is 0.454 e. The molecule has 0 atom stereocenters. The van der Waals surface area contributed by atoms with Gasteiger partial charge in [0.05, 0.1) is 22.0 Å². The minimum absolute atomic E-state index is 0.0160. The molecule has 0 aliphatic carbocycles. The van der Waals surface area contributed by atoms with Gasteiger partial charge in [-0.05, 0) is 37.3 Å². The van der Waals surface area contributed by atoms with Crippen LogP contribution in [0.15, 0.2) is 36.4 Å². The Bertz CT molecular complexity index is 1080. The average Bonchev–Trinajstić information content (AvgIpc) is 3.14. The Hall–Kier alpha value is -2.66. The molecule has 0 saturated carbocycles. The van der Waals surface area contributed by atoms with E-state index in [0.717, 1.165) is 10.4 Å². The molecular weight excluding hydrogens is 449 g/mol. The summed E-state index contributed by atoms with van der Waals surface area (Å²) in [6.45, 7) is 0.736. The fourth-order valence-electron chi connectivity index (χ4n) is 2.70. The number of nitrogens with zero attached hydrogens (tertiary/aromatic N) is 1. The van der Waals surface area contributed by atoms with E-state index in [2.05, 4.69) is 5.32 Å². The summed E-state index contributed by atoms with van der Waals surface area (Å²) in [6.07, 6.45) is -4.71. The second kappa shape index (κ2) is 8.23. The van der Waals surface area contributed by atoms with Crippen LogP contribution >= 0.6 is 11.6 Å². The van der Waals surface area contributed by atoms with Crippen LogP contribution in [0.2, 0.25) is 5.02 Å². The molecular formula is C18H16ClF3N2O5S. The third-order valence-corrected chi connectivity index (χ3v) is 6.26. The molecule has 0 saturated heterocycles. The molecule has 0 radical (unpaired) electrons. The predicted molar refractivity (Wildman–Crippen MR) is 104 cm³/mol. The van der Waals surface area contributed by atoms with Crippen molar-refractivity contribution in [2.75, 3.05) is 28.7 Å². The van der Waals surface area contributed by atoms with Crippen molar-refractivity contribution in [1.82, 2.24) is 0 Å². The Kier molecular flexibility index (Phi) is 6.04. The summed E-state index contributed by atoms with van der Waals surface area (Å²) < 4.78 is 75.3. The molecule has 0 aromatic heterocycles. The van der Waals surface area contributed by atoms with Crippen molar-refractivity contribution >= 4 is 38.9 Å². The SMILES string of the molecule is CCS(=O)(=O)N(CC(=O)Nc1ccc(Cl)c(C(F)(F)F)c1)c1ccc2c(c1)OCO2. The number of fused-ring (bicyclic) bond motifs is 1. The second-order valence-corrected chi connectivity index (χ2v) is 8.77. The van der Waals surface area contributed by atoms with Crippen molar-refractivity contribution in [3.63, 3.8) is 0 Å². The molecule has 0 fully saturated rings. The van der Waals surface area contributed by atoms with Gasteiger partial charge in [-0.25, -0.2) is 8.42 Å². The first kappa shape index (κ1) is 22.0. The smallest absolute Gasteiger partial charge is 0.417 e. The number of amides is 1. The fourth-order valence-corrected chi connectivity index (χ4v) is 3.98. The van der Waals surface area contributed by atoms with Gasteiger partial charge in [-0.2, -0.15) is 13.2 Å². The topological polar surface area (TPSA) is 84.9 Å². The molecule has 1 N–H and O–H groups in total. The molecule has 7 nitrogen and oxygen atoms in total. The summed E-state index contributed by atoms with van der Waals surface area (Å²) in [4.78, 5) is 12.5. The summed E-state index contributed by atoms with van der Waals surface area (Å²) in [5, 5.41) is 1.75. The minimum Gasteiger partial charge on any atom is -0.454 e. The second-order valence-electron chi connectivity index (χ2n) is 6.19. The number of carbonyl (C=O) groups is 1. The molecule has 0 bridgehead atoms. The summed E-state index contributed by atoms with van der Waals surface area (Å²) in [5.41, 5.74) is -1.13. The number of hydrogen-bond acceptors (Lipinski definition) is 5. The molecule has 2 aromatic rings. The maximum Gasteiger partial charge on any atom is 0.417 e. The number of benzene rings is 2. The van der Waals surface area contributed by atoms with Crippen LogP contribution in [0.25, 0.3) is 0 Å².